The van der Waals surface area contributed by atoms with Crippen LogP contribution in [0.1, 0.15) is 31.3 Å². The van der Waals surface area contributed by atoms with Crippen LogP contribution in [0.25, 0.3) is 0 Å². The zero-order valence-corrected chi connectivity index (χ0v) is 10.2. The van der Waals surface area contributed by atoms with Crippen molar-refractivity contribution in [2.45, 2.75) is 33.0 Å². The Labute approximate surface area is 101 Å². The van der Waals surface area contributed by atoms with Crippen LogP contribution in [-0.2, 0) is 13.1 Å². The molecule has 1 N–H and O–H groups in total. The summed E-state index contributed by atoms with van der Waals surface area (Å²) >= 11 is 0. The van der Waals surface area contributed by atoms with Crippen LogP contribution in [-0.4, -0.2) is 19.7 Å². The van der Waals surface area contributed by atoms with Gasteiger partial charge in [-0.3, -0.25) is 4.98 Å². The number of hydrogen-bond acceptors (Lipinski definition) is 4. The summed E-state index contributed by atoms with van der Waals surface area (Å²) in [6.45, 7) is 5.83. The molecule has 5 nitrogen and oxygen atoms in total. The summed E-state index contributed by atoms with van der Waals surface area (Å²) in [5.74, 6) is 0.966. The van der Waals surface area contributed by atoms with Gasteiger partial charge in [-0.1, -0.05) is 0 Å². The molecular formula is C12H17N5. The summed E-state index contributed by atoms with van der Waals surface area (Å²) in [6, 6.07) is 4.31. The Morgan fingerprint density at radius 2 is 2.12 bits per heavy atom. The van der Waals surface area contributed by atoms with E-state index < -0.39 is 0 Å². The number of aryl methyl sites for hydroxylation is 1. The van der Waals surface area contributed by atoms with Crippen molar-refractivity contribution < 1.29 is 0 Å². The van der Waals surface area contributed by atoms with Gasteiger partial charge in [0, 0.05) is 25.0 Å². The third-order valence-electron chi connectivity index (χ3n) is 2.81. The molecule has 0 spiro atoms. The third kappa shape index (κ3) is 2.88. The minimum atomic E-state index is 0.278. The van der Waals surface area contributed by atoms with Crippen LogP contribution in [0.5, 0.6) is 0 Å². The fourth-order valence-electron chi connectivity index (χ4n) is 1.69. The van der Waals surface area contributed by atoms with E-state index in [4.69, 9.17) is 0 Å². The summed E-state index contributed by atoms with van der Waals surface area (Å²) in [5.41, 5.74) is 1.22. The van der Waals surface area contributed by atoms with Crippen molar-refractivity contribution in [3.05, 3.63) is 42.2 Å². The summed E-state index contributed by atoms with van der Waals surface area (Å²) in [7, 11) is 0. The number of pyridine rings is 1. The predicted octanol–water partition coefficient (Wildman–Crippen LogP) is 1.54. The first kappa shape index (κ1) is 11.7. The van der Waals surface area contributed by atoms with Gasteiger partial charge in [-0.2, -0.15) is 0 Å². The van der Waals surface area contributed by atoms with E-state index in [2.05, 4.69) is 34.3 Å². The number of rotatable bonds is 5. The molecule has 0 fully saturated rings. The van der Waals surface area contributed by atoms with E-state index in [1.807, 2.05) is 29.1 Å². The first-order chi connectivity index (χ1) is 8.31. The second-order valence-electron chi connectivity index (χ2n) is 3.92. The number of aromatic nitrogens is 4. The lowest BCUT2D eigenvalue weighted by Crippen LogP contribution is -2.20. The quantitative estimate of drug-likeness (QED) is 0.848. The molecule has 2 aromatic rings. The summed E-state index contributed by atoms with van der Waals surface area (Å²) < 4.78 is 2.03. The molecule has 0 saturated heterocycles. The fourth-order valence-corrected chi connectivity index (χ4v) is 1.69. The molecule has 0 aliphatic carbocycles. The first-order valence-electron chi connectivity index (χ1n) is 5.81. The van der Waals surface area contributed by atoms with Gasteiger partial charge in [0.15, 0.2) is 0 Å². The maximum Gasteiger partial charge on any atom is 0.146 e. The highest BCUT2D eigenvalue weighted by Crippen LogP contribution is 2.10. The molecule has 0 aromatic carbocycles. The largest absolute Gasteiger partial charge is 0.317 e. The zero-order chi connectivity index (χ0) is 12.1. The molecule has 17 heavy (non-hydrogen) atoms. The van der Waals surface area contributed by atoms with Gasteiger partial charge in [-0.15, -0.1) is 10.2 Å². The molecule has 2 rings (SSSR count). The van der Waals surface area contributed by atoms with Gasteiger partial charge >= 0.3 is 0 Å². The summed E-state index contributed by atoms with van der Waals surface area (Å²) in [5, 5.41) is 11.4. The van der Waals surface area contributed by atoms with Gasteiger partial charge in [0.05, 0.1) is 6.54 Å². The van der Waals surface area contributed by atoms with Crippen molar-refractivity contribution in [1.29, 1.82) is 0 Å². The molecule has 5 heteroatoms. The average Bonchev–Trinajstić information content (AvgIpc) is 2.84. The standard InChI is InChI=1S/C12H17N5/c1-3-17-9-15-16-12(17)8-14-10(2)11-4-6-13-7-5-11/h4-7,9-10,14H,3,8H2,1-2H3. The number of nitrogens with one attached hydrogen (secondary N) is 1. The van der Waals surface area contributed by atoms with E-state index >= 15 is 0 Å². The van der Waals surface area contributed by atoms with E-state index in [0.29, 0.717) is 0 Å². The van der Waals surface area contributed by atoms with Gasteiger partial charge in [-0.05, 0) is 31.5 Å². The Morgan fingerprint density at radius 1 is 1.35 bits per heavy atom. The van der Waals surface area contributed by atoms with Crippen molar-refractivity contribution in [3.63, 3.8) is 0 Å². The van der Waals surface area contributed by atoms with Crippen LogP contribution < -0.4 is 5.32 Å². The molecule has 0 aliphatic rings. The molecule has 0 saturated carbocycles. The van der Waals surface area contributed by atoms with E-state index in [-0.39, 0.29) is 6.04 Å². The van der Waals surface area contributed by atoms with Crippen molar-refractivity contribution in [2.75, 3.05) is 0 Å². The lowest BCUT2D eigenvalue weighted by Gasteiger charge is -2.13. The van der Waals surface area contributed by atoms with E-state index in [1.54, 1.807) is 6.33 Å². The van der Waals surface area contributed by atoms with Gasteiger partial charge in [-0.25, -0.2) is 0 Å². The van der Waals surface area contributed by atoms with Gasteiger partial charge in [0.1, 0.15) is 12.2 Å². The Morgan fingerprint density at radius 3 is 2.82 bits per heavy atom. The first-order valence-corrected chi connectivity index (χ1v) is 5.81. The van der Waals surface area contributed by atoms with Gasteiger partial charge in [0.2, 0.25) is 0 Å². The van der Waals surface area contributed by atoms with Crippen molar-refractivity contribution >= 4 is 0 Å². The van der Waals surface area contributed by atoms with Crippen LogP contribution in [0.4, 0.5) is 0 Å². The molecule has 1 unspecified atom stereocenters. The van der Waals surface area contributed by atoms with Crippen LogP contribution in [0.2, 0.25) is 0 Å². The second kappa shape index (κ2) is 5.54. The highest BCUT2D eigenvalue weighted by atomic mass is 15.3. The molecule has 90 valence electrons. The third-order valence-corrected chi connectivity index (χ3v) is 2.81. The van der Waals surface area contributed by atoms with Gasteiger partial charge < -0.3 is 9.88 Å². The molecule has 2 aromatic heterocycles. The smallest absolute Gasteiger partial charge is 0.146 e. The molecular weight excluding hydrogens is 214 g/mol. The van der Waals surface area contributed by atoms with Crippen molar-refractivity contribution in [2.24, 2.45) is 0 Å². The lowest BCUT2D eigenvalue weighted by atomic mass is 10.1. The van der Waals surface area contributed by atoms with Crippen LogP contribution >= 0.6 is 0 Å². The van der Waals surface area contributed by atoms with Crippen LogP contribution in [0.15, 0.2) is 30.9 Å². The van der Waals surface area contributed by atoms with Crippen LogP contribution in [0, 0.1) is 0 Å². The van der Waals surface area contributed by atoms with Gasteiger partial charge in [0.25, 0.3) is 0 Å². The maximum atomic E-state index is 4.09. The van der Waals surface area contributed by atoms with Crippen molar-refractivity contribution in [3.8, 4) is 0 Å². The number of nitrogens with zero attached hydrogens (tertiary/aromatic N) is 4. The zero-order valence-electron chi connectivity index (χ0n) is 10.2. The molecule has 2 heterocycles. The average molecular weight is 231 g/mol. The summed E-state index contributed by atoms with van der Waals surface area (Å²) in [4.78, 5) is 4.01. The summed E-state index contributed by atoms with van der Waals surface area (Å²) in [6.07, 6.45) is 5.37. The predicted molar refractivity (Wildman–Crippen MR) is 65.2 cm³/mol. The van der Waals surface area contributed by atoms with Crippen molar-refractivity contribution in [1.82, 2.24) is 25.1 Å². The molecule has 0 radical (unpaired) electrons. The van der Waals surface area contributed by atoms with E-state index in [9.17, 15) is 0 Å². The fraction of sp³-hybridized carbons (Fsp3) is 0.417. The normalized spacial score (nSPS) is 12.6. The molecule has 0 amide bonds. The second-order valence-corrected chi connectivity index (χ2v) is 3.92. The lowest BCUT2D eigenvalue weighted by molar-refractivity contribution is 0.539. The monoisotopic (exact) mass is 231 g/mol. The van der Waals surface area contributed by atoms with E-state index in [1.165, 1.54) is 5.56 Å². The Kier molecular flexibility index (Phi) is 3.82. The topological polar surface area (TPSA) is 55.6 Å². The molecule has 0 aliphatic heterocycles. The van der Waals surface area contributed by atoms with Crippen LogP contribution in [0.3, 0.4) is 0 Å². The minimum Gasteiger partial charge on any atom is -0.317 e. The highest BCUT2D eigenvalue weighted by molar-refractivity contribution is 5.13. The molecule has 0 bridgehead atoms. The SMILES string of the molecule is CCn1cnnc1CNC(C)c1ccncc1. The Hall–Kier alpha value is -1.75. The Balaban J connectivity index is 1.95. The number of hydrogen-bond donors (Lipinski definition) is 1. The van der Waals surface area contributed by atoms with E-state index in [0.717, 1.165) is 18.9 Å². The molecule has 1 atom stereocenters. The minimum absolute atomic E-state index is 0.278. The maximum absolute atomic E-state index is 4.09. The Bertz CT molecular complexity index is 451. The highest BCUT2D eigenvalue weighted by Gasteiger charge is 2.07.